The first-order valence-corrected chi connectivity index (χ1v) is 12.5. The third kappa shape index (κ3) is 5.47. The van der Waals surface area contributed by atoms with Crippen molar-refractivity contribution in [1.82, 2.24) is 19.3 Å². The fourth-order valence-corrected chi connectivity index (χ4v) is 4.61. The van der Waals surface area contributed by atoms with Crippen molar-refractivity contribution >= 4 is 56.4 Å². The summed E-state index contributed by atoms with van der Waals surface area (Å²) >= 11 is 10.7. The van der Waals surface area contributed by atoms with E-state index in [1.165, 1.54) is 26.8 Å². The maximum Gasteiger partial charge on any atom is 0.265 e. The van der Waals surface area contributed by atoms with Crippen molar-refractivity contribution in [3.05, 3.63) is 72.7 Å². The van der Waals surface area contributed by atoms with Crippen molar-refractivity contribution in [2.24, 2.45) is 5.41 Å². The summed E-state index contributed by atoms with van der Waals surface area (Å²) in [5.41, 5.74) is -0.416. The number of hydrogen-bond donors (Lipinski definition) is 1. The number of oxazole rings is 1. The fourth-order valence-electron chi connectivity index (χ4n) is 3.24. The molecule has 4 heterocycles. The molecule has 0 unspecified atom stereocenters. The van der Waals surface area contributed by atoms with Crippen LogP contribution in [0.4, 0.5) is 5.82 Å². The van der Waals surface area contributed by atoms with E-state index in [4.69, 9.17) is 16.0 Å². The first-order valence-electron chi connectivity index (χ1n) is 10.5. The van der Waals surface area contributed by atoms with E-state index in [0.717, 1.165) is 11.3 Å². The maximum atomic E-state index is 13.2. The molecule has 0 aromatic carbocycles. The van der Waals surface area contributed by atoms with Gasteiger partial charge in [0.05, 0.1) is 33.8 Å². The number of Topliss-reactive ketones (excluding diaryl/α,β-unsaturated/α-hetero) is 1. The number of hydrogen-bond acceptors (Lipinski definition) is 8. The second kappa shape index (κ2) is 9.92. The van der Waals surface area contributed by atoms with Gasteiger partial charge in [-0.25, -0.2) is 4.98 Å². The fraction of sp³-hybridized carbons (Fsp3) is 0.261. The smallest absolute Gasteiger partial charge is 0.265 e. The molecule has 4 rings (SSSR count). The zero-order valence-corrected chi connectivity index (χ0v) is 22.2. The number of carbonyl (C=O) groups is 2. The topological polar surface area (TPSA) is 112 Å². The monoisotopic (exact) mass is 577 g/mol. The first kappa shape index (κ1) is 25.1. The SMILES string of the molecule is CC(C)(C)C(=O)n1nc(-c2ccc(Br)c(=O)n2CC(=O)c2cnco2)cc1NCc1ccc(Cl)s1. The van der Waals surface area contributed by atoms with Gasteiger partial charge in [0.15, 0.2) is 12.2 Å². The Morgan fingerprint density at radius 3 is 2.63 bits per heavy atom. The van der Waals surface area contributed by atoms with E-state index in [9.17, 15) is 14.4 Å². The van der Waals surface area contributed by atoms with Gasteiger partial charge in [-0.3, -0.25) is 19.0 Å². The molecule has 0 radical (unpaired) electrons. The number of nitrogens with one attached hydrogen (secondary N) is 1. The molecule has 0 amide bonds. The molecule has 0 saturated heterocycles. The number of aromatic nitrogens is 4. The molecule has 182 valence electrons. The van der Waals surface area contributed by atoms with Crippen LogP contribution < -0.4 is 10.9 Å². The van der Waals surface area contributed by atoms with E-state index in [1.54, 1.807) is 45.0 Å². The predicted octanol–water partition coefficient (Wildman–Crippen LogP) is 5.36. The Hall–Kier alpha value is -3.02. The van der Waals surface area contributed by atoms with Gasteiger partial charge in [-0.05, 0) is 40.2 Å². The van der Waals surface area contributed by atoms with Crippen molar-refractivity contribution in [1.29, 1.82) is 0 Å². The Labute approximate surface area is 217 Å². The molecule has 0 bridgehead atoms. The first-order chi connectivity index (χ1) is 16.5. The average molecular weight is 579 g/mol. The van der Waals surface area contributed by atoms with Gasteiger partial charge in [0.2, 0.25) is 5.78 Å². The van der Waals surface area contributed by atoms with Crippen LogP contribution in [0, 0.1) is 5.41 Å². The molecule has 1 N–H and O–H groups in total. The van der Waals surface area contributed by atoms with Gasteiger partial charge in [-0.1, -0.05) is 32.4 Å². The van der Waals surface area contributed by atoms with Crippen LogP contribution in [0.2, 0.25) is 4.34 Å². The predicted molar refractivity (Wildman–Crippen MR) is 137 cm³/mol. The summed E-state index contributed by atoms with van der Waals surface area (Å²) in [6.45, 7) is 5.53. The summed E-state index contributed by atoms with van der Waals surface area (Å²) in [6, 6.07) is 8.62. The summed E-state index contributed by atoms with van der Waals surface area (Å²) < 4.78 is 8.60. The average Bonchev–Trinajstić information content (AvgIpc) is 3.55. The number of anilines is 1. The second-order valence-electron chi connectivity index (χ2n) is 8.69. The number of ketones is 1. The summed E-state index contributed by atoms with van der Waals surface area (Å²) in [4.78, 5) is 43.6. The van der Waals surface area contributed by atoms with Gasteiger partial charge in [0.1, 0.15) is 11.5 Å². The van der Waals surface area contributed by atoms with Crippen LogP contribution in [0.3, 0.4) is 0 Å². The number of rotatable bonds is 7. The highest BCUT2D eigenvalue weighted by Gasteiger charge is 2.28. The van der Waals surface area contributed by atoms with Gasteiger partial charge < -0.3 is 9.73 Å². The molecular weight excluding hydrogens is 558 g/mol. The lowest BCUT2D eigenvalue weighted by Crippen LogP contribution is -2.29. The molecule has 35 heavy (non-hydrogen) atoms. The Kier molecular flexibility index (Phi) is 7.11. The van der Waals surface area contributed by atoms with Crippen LogP contribution in [0.5, 0.6) is 0 Å². The summed E-state index contributed by atoms with van der Waals surface area (Å²) in [6.07, 6.45) is 2.44. The van der Waals surface area contributed by atoms with E-state index >= 15 is 0 Å². The Balaban J connectivity index is 1.76. The number of pyridine rings is 1. The molecule has 0 atom stereocenters. The van der Waals surface area contributed by atoms with E-state index in [-0.39, 0.29) is 22.7 Å². The van der Waals surface area contributed by atoms with Gasteiger partial charge in [-0.2, -0.15) is 9.78 Å². The van der Waals surface area contributed by atoms with Crippen LogP contribution in [-0.4, -0.2) is 31.0 Å². The van der Waals surface area contributed by atoms with Crippen LogP contribution in [0.1, 0.15) is 41.0 Å². The standard InChI is InChI=1S/C23H21BrClN5O4S/c1-23(2,3)22(33)30-20(27-9-13-4-7-19(25)35-13)8-15(28-30)16-6-5-14(24)21(32)29(16)11-17(31)18-10-26-12-34-18/h4-8,10,12,27H,9,11H2,1-3H3. The molecule has 0 spiro atoms. The van der Waals surface area contributed by atoms with Gasteiger partial charge in [-0.15, -0.1) is 11.3 Å². The third-order valence-electron chi connectivity index (χ3n) is 5.02. The van der Waals surface area contributed by atoms with E-state index in [0.29, 0.717) is 28.1 Å². The van der Waals surface area contributed by atoms with E-state index < -0.39 is 16.8 Å². The lowest BCUT2D eigenvalue weighted by molar-refractivity contribution is 0.0752. The zero-order valence-electron chi connectivity index (χ0n) is 19.0. The molecule has 0 aliphatic carbocycles. The highest BCUT2D eigenvalue weighted by molar-refractivity contribution is 9.10. The summed E-state index contributed by atoms with van der Waals surface area (Å²) in [7, 11) is 0. The zero-order chi connectivity index (χ0) is 25.3. The van der Waals surface area contributed by atoms with Crippen LogP contribution in [0.25, 0.3) is 11.4 Å². The van der Waals surface area contributed by atoms with Crippen molar-refractivity contribution in [3.8, 4) is 11.4 Å². The number of carbonyl (C=O) groups excluding carboxylic acids is 2. The minimum absolute atomic E-state index is 0.0354. The molecule has 0 fully saturated rings. The molecule has 12 heteroatoms. The van der Waals surface area contributed by atoms with Crippen molar-refractivity contribution in [2.45, 2.75) is 33.9 Å². The van der Waals surface area contributed by atoms with Crippen molar-refractivity contribution in [3.63, 3.8) is 0 Å². The molecule has 0 saturated carbocycles. The molecule has 4 aromatic rings. The molecule has 0 aliphatic heterocycles. The summed E-state index contributed by atoms with van der Waals surface area (Å²) in [5, 5.41) is 7.76. The Bertz CT molecular complexity index is 1450. The number of halogens is 2. The van der Waals surface area contributed by atoms with E-state index in [1.807, 2.05) is 6.07 Å². The second-order valence-corrected chi connectivity index (χ2v) is 11.3. The quantitative estimate of drug-likeness (QED) is 0.294. The minimum Gasteiger partial charge on any atom is -0.440 e. The largest absolute Gasteiger partial charge is 0.440 e. The Morgan fingerprint density at radius 2 is 2.00 bits per heavy atom. The summed E-state index contributed by atoms with van der Waals surface area (Å²) in [5.74, 6) is -0.178. The van der Waals surface area contributed by atoms with Crippen LogP contribution in [-0.2, 0) is 13.1 Å². The molecule has 9 nitrogen and oxygen atoms in total. The lowest BCUT2D eigenvalue weighted by atomic mass is 9.96. The lowest BCUT2D eigenvalue weighted by Gasteiger charge is -2.18. The van der Waals surface area contributed by atoms with Gasteiger partial charge in [0, 0.05) is 16.4 Å². The van der Waals surface area contributed by atoms with Gasteiger partial charge >= 0.3 is 0 Å². The van der Waals surface area contributed by atoms with Crippen LogP contribution in [0.15, 0.2) is 56.6 Å². The Morgan fingerprint density at radius 1 is 1.23 bits per heavy atom. The molecular formula is C23H21BrClN5O4S. The highest BCUT2D eigenvalue weighted by atomic mass is 79.9. The van der Waals surface area contributed by atoms with Crippen molar-refractivity contribution in [2.75, 3.05) is 5.32 Å². The molecule has 0 aliphatic rings. The highest BCUT2D eigenvalue weighted by Crippen LogP contribution is 2.28. The number of thiophene rings is 1. The van der Waals surface area contributed by atoms with E-state index in [2.05, 4.69) is 31.3 Å². The van der Waals surface area contributed by atoms with Gasteiger partial charge in [0.25, 0.3) is 11.5 Å². The van der Waals surface area contributed by atoms with Crippen molar-refractivity contribution < 1.29 is 14.0 Å². The maximum absolute atomic E-state index is 13.2. The normalized spacial score (nSPS) is 11.6. The number of nitrogens with zero attached hydrogens (tertiary/aromatic N) is 4. The van der Waals surface area contributed by atoms with Crippen LogP contribution >= 0.6 is 38.9 Å². The third-order valence-corrected chi connectivity index (χ3v) is 6.85. The molecule has 4 aromatic heterocycles. The minimum atomic E-state index is -0.715.